The maximum atomic E-state index is 12.2. The number of methoxy groups -OCH3 is 1. The third-order valence-electron chi connectivity index (χ3n) is 3.33. The van der Waals surface area contributed by atoms with Crippen molar-refractivity contribution < 1.29 is 19.4 Å². The third kappa shape index (κ3) is 3.17. The number of ether oxygens (including phenoxy) is 1. The Morgan fingerprint density at radius 2 is 2.12 bits per heavy atom. The summed E-state index contributed by atoms with van der Waals surface area (Å²) in [7, 11) is 1.52. The quantitative estimate of drug-likeness (QED) is 0.640. The molecule has 1 fully saturated rings. The average molecular weight is 244 g/mol. The first-order valence-electron chi connectivity index (χ1n) is 5.76. The molecule has 3 N–H and O–H groups in total. The Morgan fingerprint density at radius 1 is 1.47 bits per heavy atom. The van der Waals surface area contributed by atoms with Crippen LogP contribution in [0, 0.1) is 5.41 Å². The molecule has 0 unspecified atom stereocenters. The summed E-state index contributed by atoms with van der Waals surface area (Å²) in [5.41, 5.74) is 5.12. The van der Waals surface area contributed by atoms with Crippen molar-refractivity contribution in [2.75, 3.05) is 33.4 Å². The SMILES string of the molecule is COCCN(CC(=O)O)C(=O)C1(CN)CCC1. The van der Waals surface area contributed by atoms with Crippen LogP contribution in [0.4, 0.5) is 0 Å². The monoisotopic (exact) mass is 244 g/mol. The van der Waals surface area contributed by atoms with Crippen LogP contribution in [0.3, 0.4) is 0 Å². The van der Waals surface area contributed by atoms with Crippen molar-refractivity contribution in [3.05, 3.63) is 0 Å². The van der Waals surface area contributed by atoms with E-state index in [2.05, 4.69) is 0 Å². The summed E-state index contributed by atoms with van der Waals surface area (Å²) in [6.45, 7) is 0.627. The van der Waals surface area contributed by atoms with E-state index < -0.39 is 11.4 Å². The Kier molecular flexibility index (Phi) is 4.89. The second kappa shape index (κ2) is 5.97. The second-order valence-electron chi connectivity index (χ2n) is 4.45. The fourth-order valence-electron chi connectivity index (χ4n) is 2.06. The average Bonchev–Trinajstić information content (AvgIpc) is 2.22. The first kappa shape index (κ1) is 13.9. The summed E-state index contributed by atoms with van der Waals surface area (Å²) in [6, 6.07) is 0. The highest BCUT2D eigenvalue weighted by atomic mass is 16.5. The maximum Gasteiger partial charge on any atom is 0.323 e. The smallest absolute Gasteiger partial charge is 0.323 e. The molecule has 6 heteroatoms. The lowest BCUT2D eigenvalue weighted by Crippen LogP contribution is -2.53. The van der Waals surface area contributed by atoms with E-state index in [9.17, 15) is 9.59 Å². The molecule has 0 spiro atoms. The van der Waals surface area contributed by atoms with Gasteiger partial charge >= 0.3 is 5.97 Å². The third-order valence-corrected chi connectivity index (χ3v) is 3.33. The molecule has 0 aromatic heterocycles. The van der Waals surface area contributed by atoms with E-state index in [1.165, 1.54) is 12.0 Å². The van der Waals surface area contributed by atoms with Gasteiger partial charge in [0, 0.05) is 20.2 Å². The van der Waals surface area contributed by atoms with Crippen molar-refractivity contribution in [3.63, 3.8) is 0 Å². The van der Waals surface area contributed by atoms with Gasteiger partial charge in [-0.2, -0.15) is 0 Å². The van der Waals surface area contributed by atoms with E-state index in [1.54, 1.807) is 0 Å². The molecule has 98 valence electrons. The zero-order valence-electron chi connectivity index (χ0n) is 10.1. The first-order chi connectivity index (χ1) is 8.05. The van der Waals surface area contributed by atoms with E-state index >= 15 is 0 Å². The summed E-state index contributed by atoms with van der Waals surface area (Å²) in [5.74, 6) is -1.16. The molecule has 6 nitrogen and oxygen atoms in total. The topological polar surface area (TPSA) is 92.9 Å². The molecule has 1 rings (SSSR count). The van der Waals surface area contributed by atoms with Crippen molar-refractivity contribution in [1.82, 2.24) is 4.90 Å². The highest BCUT2D eigenvalue weighted by Gasteiger charge is 2.45. The summed E-state index contributed by atoms with van der Waals surface area (Å²) in [6.07, 6.45) is 2.49. The molecule has 1 saturated carbocycles. The predicted molar refractivity (Wildman–Crippen MR) is 61.4 cm³/mol. The highest BCUT2D eigenvalue weighted by molar-refractivity contribution is 5.87. The van der Waals surface area contributed by atoms with Crippen molar-refractivity contribution >= 4 is 11.9 Å². The normalized spacial score (nSPS) is 17.3. The molecule has 0 bridgehead atoms. The van der Waals surface area contributed by atoms with Crippen LogP contribution in [0.2, 0.25) is 0 Å². The molecule has 1 amide bonds. The number of carbonyl (C=O) groups excluding carboxylic acids is 1. The maximum absolute atomic E-state index is 12.2. The van der Waals surface area contributed by atoms with E-state index in [1.807, 2.05) is 0 Å². The van der Waals surface area contributed by atoms with Crippen molar-refractivity contribution in [2.24, 2.45) is 11.1 Å². The van der Waals surface area contributed by atoms with Crippen molar-refractivity contribution in [2.45, 2.75) is 19.3 Å². The van der Waals surface area contributed by atoms with Crippen molar-refractivity contribution in [3.8, 4) is 0 Å². The molecule has 0 heterocycles. The molecule has 0 radical (unpaired) electrons. The lowest BCUT2D eigenvalue weighted by Gasteiger charge is -2.42. The molecular formula is C11H20N2O4. The minimum atomic E-state index is -1.01. The van der Waals surface area contributed by atoms with Crippen LogP contribution in [0.15, 0.2) is 0 Å². The van der Waals surface area contributed by atoms with Crippen LogP contribution in [-0.2, 0) is 14.3 Å². The number of carboxylic acid groups (broad SMARTS) is 1. The molecule has 0 atom stereocenters. The van der Waals surface area contributed by atoms with Crippen LogP contribution in [-0.4, -0.2) is 55.2 Å². The van der Waals surface area contributed by atoms with Gasteiger partial charge in [-0.05, 0) is 12.8 Å². The number of hydrogen-bond donors (Lipinski definition) is 2. The van der Waals surface area contributed by atoms with Gasteiger partial charge in [0.2, 0.25) is 5.91 Å². The number of nitrogens with two attached hydrogens (primary N) is 1. The summed E-state index contributed by atoms with van der Waals surface area (Å²) >= 11 is 0. The van der Waals surface area contributed by atoms with E-state index in [0.29, 0.717) is 13.2 Å². The standard InChI is InChI=1S/C11H20N2O4/c1-17-6-5-13(7-9(14)15)10(16)11(8-12)3-2-4-11/h2-8,12H2,1H3,(H,14,15). The highest BCUT2D eigenvalue weighted by Crippen LogP contribution is 2.41. The fourth-order valence-corrected chi connectivity index (χ4v) is 2.06. The Hall–Kier alpha value is -1.14. The van der Waals surface area contributed by atoms with Gasteiger partial charge in [-0.15, -0.1) is 0 Å². The molecule has 0 saturated heterocycles. The zero-order valence-corrected chi connectivity index (χ0v) is 10.1. The first-order valence-corrected chi connectivity index (χ1v) is 5.76. The predicted octanol–water partition coefficient (Wildman–Crippen LogP) is -0.325. The van der Waals surface area contributed by atoms with Gasteiger partial charge in [-0.1, -0.05) is 6.42 Å². The number of hydrogen-bond acceptors (Lipinski definition) is 4. The molecule has 0 aromatic carbocycles. The van der Waals surface area contributed by atoms with Gasteiger partial charge < -0.3 is 20.5 Å². The Morgan fingerprint density at radius 3 is 2.47 bits per heavy atom. The summed E-state index contributed by atoms with van der Waals surface area (Å²) < 4.78 is 4.88. The number of aliphatic carboxylic acids is 1. The largest absolute Gasteiger partial charge is 0.480 e. The van der Waals surface area contributed by atoms with Crippen LogP contribution in [0.25, 0.3) is 0 Å². The summed E-state index contributed by atoms with van der Waals surface area (Å²) in [4.78, 5) is 24.3. The molecule has 0 aliphatic heterocycles. The Bertz CT molecular complexity index is 284. The number of carboxylic acids is 1. The number of amides is 1. The number of nitrogens with zero attached hydrogens (tertiary/aromatic N) is 1. The van der Waals surface area contributed by atoms with E-state index in [0.717, 1.165) is 19.3 Å². The summed E-state index contributed by atoms with van der Waals surface area (Å²) in [5, 5.41) is 8.80. The van der Waals surface area contributed by atoms with E-state index in [4.69, 9.17) is 15.6 Å². The molecule has 1 aliphatic carbocycles. The van der Waals surface area contributed by atoms with Crippen LogP contribution >= 0.6 is 0 Å². The minimum Gasteiger partial charge on any atom is -0.480 e. The second-order valence-corrected chi connectivity index (χ2v) is 4.45. The van der Waals surface area contributed by atoms with Gasteiger partial charge in [0.15, 0.2) is 0 Å². The van der Waals surface area contributed by atoms with Crippen LogP contribution < -0.4 is 5.73 Å². The van der Waals surface area contributed by atoms with E-state index in [-0.39, 0.29) is 19.0 Å². The lowest BCUT2D eigenvalue weighted by atomic mass is 9.68. The van der Waals surface area contributed by atoms with Gasteiger partial charge in [-0.3, -0.25) is 9.59 Å². The minimum absolute atomic E-state index is 0.147. The van der Waals surface area contributed by atoms with Crippen LogP contribution in [0.5, 0.6) is 0 Å². The Balaban J connectivity index is 2.67. The lowest BCUT2D eigenvalue weighted by molar-refractivity contribution is -0.153. The molecule has 1 aliphatic rings. The number of rotatable bonds is 7. The van der Waals surface area contributed by atoms with Gasteiger partial charge in [0.1, 0.15) is 6.54 Å². The molecular weight excluding hydrogens is 224 g/mol. The van der Waals surface area contributed by atoms with Gasteiger partial charge in [-0.25, -0.2) is 0 Å². The molecule has 17 heavy (non-hydrogen) atoms. The fraction of sp³-hybridized carbons (Fsp3) is 0.818. The van der Waals surface area contributed by atoms with Gasteiger partial charge in [0.25, 0.3) is 0 Å². The van der Waals surface area contributed by atoms with Crippen molar-refractivity contribution in [1.29, 1.82) is 0 Å². The Labute approximate surface area is 101 Å². The molecule has 0 aromatic rings. The zero-order chi connectivity index (χ0) is 12.9. The van der Waals surface area contributed by atoms with Gasteiger partial charge in [0.05, 0.1) is 12.0 Å². The van der Waals surface area contributed by atoms with Crippen LogP contribution in [0.1, 0.15) is 19.3 Å². The number of carbonyl (C=O) groups is 2.